The zero-order chi connectivity index (χ0) is 13.8. The van der Waals surface area contributed by atoms with E-state index in [4.69, 9.17) is 17.4 Å². The number of primary sulfonamides is 1. The molecule has 0 fully saturated rings. The second kappa shape index (κ2) is 6.12. The molecular weight excluding hydrogens is 270 g/mol. The van der Waals surface area contributed by atoms with Crippen molar-refractivity contribution in [3.05, 3.63) is 24.3 Å². The lowest BCUT2D eigenvalue weighted by Crippen LogP contribution is -2.34. The topological polar surface area (TPSA) is 75.4 Å². The molecule has 0 heterocycles. The molecule has 1 aromatic rings. The molecular formula is C11H17N3O2S2. The van der Waals surface area contributed by atoms with E-state index in [9.17, 15) is 8.42 Å². The first-order chi connectivity index (χ1) is 8.38. The summed E-state index contributed by atoms with van der Waals surface area (Å²) in [4.78, 5) is 2.07. The van der Waals surface area contributed by atoms with Crippen molar-refractivity contribution in [3.8, 4) is 0 Å². The van der Waals surface area contributed by atoms with Gasteiger partial charge in [-0.3, -0.25) is 0 Å². The summed E-state index contributed by atoms with van der Waals surface area (Å²) in [5.41, 5.74) is 0.735. The van der Waals surface area contributed by atoms with E-state index in [1.807, 2.05) is 18.7 Å². The van der Waals surface area contributed by atoms with Crippen LogP contribution in [0.4, 0.5) is 5.69 Å². The minimum Gasteiger partial charge on any atom is -0.350 e. The van der Waals surface area contributed by atoms with Crippen molar-refractivity contribution >= 4 is 33.0 Å². The number of hydrogen-bond donors (Lipinski definition) is 2. The summed E-state index contributed by atoms with van der Waals surface area (Å²) in [6, 6.07) is 6.16. The van der Waals surface area contributed by atoms with Crippen LogP contribution in [-0.4, -0.2) is 31.5 Å². The van der Waals surface area contributed by atoms with Gasteiger partial charge in [-0.15, -0.1) is 0 Å². The normalized spacial score (nSPS) is 11.1. The molecule has 0 saturated carbocycles. The van der Waals surface area contributed by atoms with Crippen molar-refractivity contribution in [2.24, 2.45) is 5.14 Å². The lowest BCUT2D eigenvalue weighted by molar-refractivity contribution is 0.473. The highest BCUT2D eigenvalue weighted by molar-refractivity contribution is 7.89. The molecule has 0 atom stereocenters. The molecule has 1 aromatic carbocycles. The fraction of sp³-hybridized carbons (Fsp3) is 0.364. The minimum atomic E-state index is -3.64. The van der Waals surface area contributed by atoms with Gasteiger partial charge < -0.3 is 10.2 Å². The third-order valence-electron chi connectivity index (χ3n) is 2.48. The number of benzene rings is 1. The Morgan fingerprint density at radius 1 is 1.28 bits per heavy atom. The van der Waals surface area contributed by atoms with E-state index in [2.05, 4.69) is 5.32 Å². The monoisotopic (exact) mass is 287 g/mol. The lowest BCUT2D eigenvalue weighted by Gasteiger charge is -2.22. The third-order valence-corrected chi connectivity index (χ3v) is 3.77. The number of sulfonamides is 1. The molecule has 100 valence electrons. The standard InChI is InChI=1S/C11H17N3O2S2/c1-3-14(4-2)11(17)13-9-5-7-10(8-6-9)18(12,15)16/h5-8H,3-4H2,1-2H3,(H,13,17)(H2,12,15,16). The molecule has 0 aromatic heterocycles. The van der Waals surface area contributed by atoms with Crippen molar-refractivity contribution in [1.82, 2.24) is 4.90 Å². The highest BCUT2D eigenvalue weighted by Gasteiger charge is 2.08. The Hall–Kier alpha value is -1.18. The molecule has 0 spiro atoms. The first-order valence-electron chi connectivity index (χ1n) is 5.57. The Labute approximate surface area is 113 Å². The quantitative estimate of drug-likeness (QED) is 0.818. The van der Waals surface area contributed by atoms with Gasteiger partial charge in [-0.2, -0.15) is 0 Å². The largest absolute Gasteiger partial charge is 0.350 e. The van der Waals surface area contributed by atoms with Crippen molar-refractivity contribution in [1.29, 1.82) is 0 Å². The van der Waals surface area contributed by atoms with Crippen LogP contribution in [0.25, 0.3) is 0 Å². The fourth-order valence-electron chi connectivity index (χ4n) is 1.44. The van der Waals surface area contributed by atoms with Crippen LogP contribution in [0.1, 0.15) is 13.8 Å². The Balaban J connectivity index is 2.79. The first kappa shape index (κ1) is 14.9. The van der Waals surface area contributed by atoms with Crippen LogP contribution < -0.4 is 10.5 Å². The first-order valence-corrected chi connectivity index (χ1v) is 7.52. The predicted octanol–water partition coefficient (Wildman–Crippen LogP) is 1.37. The molecule has 5 nitrogen and oxygen atoms in total. The Morgan fingerprint density at radius 2 is 1.78 bits per heavy atom. The lowest BCUT2D eigenvalue weighted by atomic mass is 10.3. The maximum absolute atomic E-state index is 11.1. The van der Waals surface area contributed by atoms with Gasteiger partial charge in [-0.1, -0.05) is 0 Å². The summed E-state index contributed by atoms with van der Waals surface area (Å²) in [6.45, 7) is 5.67. The number of anilines is 1. The molecule has 18 heavy (non-hydrogen) atoms. The van der Waals surface area contributed by atoms with Gasteiger partial charge in [0.25, 0.3) is 0 Å². The molecule has 3 N–H and O–H groups in total. The number of rotatable bonds is 4. The Morgan fingerprint density at radius 3 is 2.17 bits per heavy atom. The van der Waals surface area contributed by atoms with Gasteiger partial charge in [0.2, 0.25) is 10.0 Å². The molecule has 0 radical (unpaired) electrons. The van der Waals surface area contributed by atoms with E-state index in [-0.39, 0.29) is 4.90 Å². The molecule has 1 rings (SSSR count). The number of thiocarbonyl (C=S) groups is 1. The fourth-order valence-corrected chi connectivity index (χ4v) is 2.33. The van der Waals surface area contributed by atoms with Crippen LogP contribution in [0.2, 0.25) is 0 Å². The number of hydrogen-bond acceptors (Lipinski definition) is 3. The molecule has 0 aliphatic heterocycles. The van der Waals surface area contributed by atoms with E-state index in [0.29, 0.717) is 5.11 Å². The SMILES string of the molecule is CCN(CC)C(=S)Nc1ccc(S(N)(=O)=O)cc1. The van der Waals surface area contributed by atoms with E-state index >= 15 is 0 Å². The average Bonchev–Trinajstić information content (AvgIpc) is 2.30. The summed E-state index contributed by atoms with van der Waals surface area (Å²) >= 11 is 5.23. The van der Waals surface area contributed by atoms with Gasteiger partial charge >= 0.3 is 0 Å². The molecule has 0 unspecified atom stereocenters. The highest BCUT2D eigenvalue weighted by atomic mass is 32.2. The van der Waals surface area contributed by atoms with Crippen LogP contribution in [-0.2, 0) is 10.0 Å². The predicted molar refractivity (Wildman–Crippen MR) is 77.0 cm³/mol. The van der Waals surface area contributed by atoms with Crippen LogP contribution in [0, 0.1) is 0 Å². The second-order valence-electron chi connectivity index (χ2n) is 3.67. The number of nitrogens with zero attached hydrogens (tertiary/aromatic N) is 1. The smallest absolute Gasteiger partial charge is 0.238 e. The Kier molecular flexibility index (Phi) is 5.06. The summed E-state index contributed by atoms with van der Waals surface area (Å²) in [7, 11) is -3.64. The van der Waals surface area contributed by atoms with Gasteiger partial charge in [0.15, 0.2) is 5.11 Å². The zero-order valence-electron chi connectivity index (χ0n) is 10.4. The van der Waals surface area contributed by atoms with Crippen LogP contribution in [0.15, 0.2) is 29.2 Å². The average molecular weight is 287 g/mol. The molecule has 0 aliphatic carbocycles. The summed E-state index contributed by atoms with van der Waals surface area (Å²) < 4.78 is 22.2. The number of nitrogens with two attached hydrogens (primary N) is 1. The number of nitrogens with one attached hydrogen (secondary N) is 1. The summed E-state index contributed by atoms with van der Waals surface area (Å²) in [5.74, 6) is 0. The van der Waals surface area contributed by atoms with Crippen molar-refractivity contribution in [2.75, 3.05) is 18.4 Å². The Bertz CT molecular complexity index is 508. The van der Waals surface area contributed by atoms with Crippen LogP contribution in [0.5, 0.6) is 0 Å². The van der Waals surface area contributed by atoms with Gasteiger partial charge in [-0.05, 0) is 50.3 Å². The van der Waals surface area contributed by atoms with Crippen molar-refractivity contribution < 1.29 is 8.42 Å². The van der Waals surface area contributed by atoms with Crippen LogP contribution in [0.3, 0.4) is 0 Å². The molecule has 0 saturated heterocycles. The van der Waals surface area contributed by atoms with E-state index in [1.165, 1.54) is 12.1 Å². The van der Waals surface area contributed by atoms with Gasteiger partial charge in [0.05, 0.1) is 4.90 Å². The molecule has 0 amide bonds. The summed E-state index contributed by atoms with van der Waals surface area (Å²) in [5, 5.41) is 8.68. The summed E-state index contributed by atoms with van der Waals surface area (Å²) in [6.07, 6.45) is 0. The molecule has 7 heteroatoms. The van der Waals surface area contributed by atoms with Crippen molar-refractivity contribution in [2.45, 2.75) is 18.7 Å². The van der Waals surface area contributed by atoms with E-state index in [0.717, 1.165) is 18.8 Å². The van der Waals surface area contributed by atoms with Gasteiger partial charge in [0, 0.05) is 18.8 Å². The highest BCUT2D eigenvalue weighted by Crippen LogP contribution is 2.13. The maximum atomic E-state index is 11.1. The van der Waals surface area contributed by atoms with Crippen molar-refractivity contribution in [3.63, 3.8) is 0 Å². The van der Waals surface area contributed by atoms with Gasteiger partial charge in [-0.25, -0.2) is 13.6 Å². The van der Waals surface area contributed by atoms with E-state index < -0.39 is 10.0 Å². The zero-order valence-corrected chi connectivity index (χ0v) is 12.0. The molecule has 0 bridgehead atoms. The third kappa shape index (κ3) is 3.94. The second-order valence-corrected chi connectivity index (χ2v) is 5.62. The van der Waals surface area contributed by atoms with E-state index in [1.54, 1.807) is 12.1 Å². The maximum Gasteiger partial charge on any atom is 0.238 e. The minimum absolute atomic E-state index is 0.0850. The van der Waals surface area contributed by atoms with Crippen LogP contribution >= 0.6 is 12.2 Å². The molecule has 0 aliphatic rings. The van der Waals surface area contributed by atoms with Gasteiger partial charge in [0.1, 0.15) is 0 Å².